The van der Waals surface area contributed by atoms with Gasteiger partial charge < -0.3 is 31.9 Å². The average molecular weight is 543 g/mol. The number of carboxylic acid groups (broad SMARTS) is 2. The van der Waals surface area contributed by atoms with Gasteiger partial charge in [0, 0.05) is 6.42 Å². The molecule has 0 aromatic heterocycles. The topological polar surface area (TPSA) is 188 Å². The maximum atomic E-state index is 13.0. The molecule has 0 aliphatic heterocycles. The van der Waals surface area contributed by atoms with Crippen LogP contribution in [0.1, 0.15) is 24.8 Å². The first-order chi connectivity index (χ1) is 17.1. The van der Waals surface area contributed by atoms with Crippen molar-refractivity contribution in [2.75, 3.05) is 24.0 Å². The summed E-state index contributed by atoms with van der Waals surface area (Å²) >= 11 is 2.91. The lowest BCUT2D eigenvalue weighted by Crippen LogP contribution is -2.58. The highest BCUT2D eigenvalue weighted by Crippen LogP contribution is 2.08. The summed E-state index contributed by atoms with van der Waals surface area (Å²) in [7, 11) is 0. The molecule has 0 aliphatic rings. The number of carbonyl (C=O) groups is 5. The Bertz CT molecular complexity index is 888. The van der Waals surface area contributed by atoms with Crippen LogP contribution in [0.5, 0.6) is 0 Å². The molecule has 0 bridgehead atoms. The molecule has 0 spiro atoms. The first-order valence-electron chi connectivity index (χ1n) is 11.2. The number of amides is 3. The molecule has 0 fully saturated rings. The van der Waals surface area contributed by atoms with Crippen molar-refractivity contribution in [1.82, 2.24) is 16.0 Å². The maximum absolute atomic E-state index is 13.0. The van der Waals surface area contributed by atoms with E-state index in [1.807, 2.05) is 12.5 Å². The number of thioether (sulfide) groups is 2. The zero-order valence-electron chi connectivity index (χ0n) is 20.3. The molecular weight excluding hydrogens is 508 g/mol. The van der Waals surface area contributed by atoms with Gasteiger partial charge in [0.1, 0.15) is 18.1 Å². The second-order valence-electron chi connectivity index (χ2n) is 7.98. The quantitative estimate of drug-likeness (QED) is 0.157. The zero-order valence-corrected chi connectivity index (χ0v) is 21.9. The third kappa shape index (κ3) is 11.8. The minimum Gasteiger partial charge on any atom is -0.481 e. The Morgan fingerprint density at radius 1 is 0.806 bits per heavy atom. The summed E-state index contributed by atoms with van der Waals surface area (Å²) in [4.78, 5) is 61.4. The van der Waals surface area contributed by atoms with Crippen LogP contribution in [0.15, 0.2) is 30.3 Å². The SMILES string of the molecule is CSCCC(N)C(=O)NC(CC(=O)O)C(=O)NC(Cc1ccccc1)C(=O)NC(CCSC)C(=O)O. The predicted molar refractivity (Wildman–Crippen MR) is 140 cm³/mol. The molecule has 1 rings (SSSR count). The van der Waals surface area contributed by atoms with E-state index in [9.17, 15) is 34.2 Å². The third-order valence-electron chi connectivity index (χ3n) is 5.12. The monoisotopic (exact) mass is 542 g/mol. The van der Waals surface area contributed by atoms with Gasteiger partial charge in [-0.05, 0) is 42.4 Å². The van der Waals surface area contributed by atoms with E-state index in [0.717, 1.165) is 0 Å². The number of aliphatic carboxylic acids is 2. The second kappa shape index (κ2) is 16.8. The van der Waals surface area contributed by atoms with Gasteiger partial charge in [-0.3, -0.25) is 19.2 Å². The fourth-order valence-electron chi connectivity index (χ4n) is 3.14. The number of rotatable bonds is 17. The van der Waals surface area contributed by atoms with Gasteiger partial charge in [0.25, 0.3) is 0 Å². The average Bonchev–Trinajstić information content (AvgIpc) is 2.84. The van der Waals surface area contributed by atoms with Crippen LogP contribution in [0.4, 0.5) is 0 Å². The Labute approximate surface area is 218 Å². The van der Waals surface area contributed by atoms with Crippen LogP contribution in [0.3, 0.4) is 0 Å². The fourth-order valence-corrected chi connectivity index (χ4v) is 4.10. The van der Waals surface area contributed by atoms with Gasteiger partial charge in [0.05, 0.1) is 12.5 Å². The second-order valence-corrected chi connectivity index (χ2v) is 9.95. The Balaban J connectivity index is 3.08. The van der Waals surface area contributed by atoms with Crippen molar-refractivity contribution in [1.29, 1.82) is 0 Å². The predicted octanol–water partition coefficient (Wildman–Crippen LogP) is 0.0763. The van der Waals surface area contributed by atoms with Gasteiger partial charge in [-0.1, -0.05) is 30.3 Å². The molecule has 0 radical (unpaired) electrons. The van der Waals surface area contributed by atoms with E-state index in [1.54, 1.807) is 30.3 Å². The molecule has 0 heterocycles. The van der Waals surface area contributed by atoms with Crippen LogP contribution >= 0.6 is 23.5 Å². The fraction of sp³-hybridized carbons (Fsp3) is 0.522. The van der Waals surface area contributed by atoms with E-state index < -0.39 is 60.2 Å². The molecule has 36 heavy (non-hydrogen) atoms. The van der Waals surface area contributed by atoms with Crippen molar-refractivity contribution in [2.24, 2.45) is 5.73 Å². The molecule has 0 aliphatic carbocycles. The normalized spacial score (nSPS) is 14.1. The van der Waals surface area contributed by atoms with Crippen LogP contribution in [0, 0.1) is 0 Å². The van der Waals surface area contributed by atoms with E-state index >= 15 is 0 Å². The van der Waals surface area contributed by atoms with Gasteiger partial charge in [0.2, 0.25) is 17.7 Å². The number of nitrogens with two attached hydrogens (primary N) is 1. The summed E-state index contributed by atoms with van der Waals surface area (Å²) in [5, 5.41) is 26.0. The largest absolute Gasteiger partial charge is 0.481 e. The molecule has 1 aromatic carbocycles. The van der Waals surface area contributed by atoms with Crippen molar-refractivity contribution in [3.8, 4) is 0 Å². The van der Waals surface area contributed by atoms with Gasteiger partial charge in [-0.15, -0.1) is 0 Å². The summed E-state index contributed by atoms with van der Waals surface area (Å²) in [5.41, 5.74) is 6.52. The molecule has 11 nitrogen and oxygen atoms in total. The van der Waals surface area contributed by atoms with Crippen LogP contribution in [-0.4, -0.2) is 88.1 Å². The van der Waals surface area contributed by atoms with E-state index in [1.165, 1.54) is 23.5 Å². The lowest BCUT2D eigenvalue weighted by molar-refractivity contribution is -0.143. The molecule has 1 aromatic rings. The van der Waals surface area contributed by atoms with Crippen molar-refractivity contribution >= 4 is 53.2 Å². The standard InChI is InChI=1S/C23H34N4O7S2/c1-35-10-8-15(24)20(30)26-18(13-19(28)29)22(32)27-17(12-14-6-4-3-5-7-14)21(31)25-16(23(33)34)9-11-36-2/h3-7,15-18H,8-13,24H2,1-2H3,(H,25,31)(H,26,30)(H,27,32)(H,28,29)(H,33,34). The summed E-state index contributed by atoms with van der Waals surface area (Å²) in [6.07, 6.45) is 3.47. The minimum absolute atomic E-state index is 0.0221. The van der Waals surface area contributed by atoms with Crippen molar-refractivity contribution in [3.63, 3.8) is 0 Å². The molecule has 13 heteroatoms. The van der Waals surface area contributed by atoms with Crippen LogP contribution < -0.4 is 21.7 Å². The van der Waals surface area contributed by atoms with E-state index in [4.69, 9.17) is 5.73 Å². The molecular formula is C23H34N4O7S2. The third-order valence-corrected chi connectivity index (χ3v) is 6.41. The zero-order chi connectivity index (χ0) is 27.1. The number of carbonyl (C=O) groups excluding carboxylic acids is 3. The van der Waals surface area contributed by atoms with Crippen LogP contribution in [-0.2, 0) is 30.4 Å². The number of hydrogen-bond acceptors (Lipinski definition) is 8. The van der Waals surface area contributed by atoms with E-state index in [2.05, 4.69) is 16.0 Å². The molecule has 4 atom stereocenters. The lowest BCUT2D eigenvalue weighted by Gasteiger charge is -2.25. The summed E-state index contributed by atoms with van der Waals surface area (Å²) in [6, 6.07) is 3.94. The Kier molecular flexibility index (Phi) is 14.6. The molecule has 3 amide bonds. The van der Waals surface area contributed by atoms with Gasteiger partial charge in [0.15, 0.2) is 0 Å². The highest BCUT2D eigenvalue weighted by Gasteiger charge is 2.31. The van der Waals surface area contributed by atoms with Crippen molar-refractivity contribution in [2.45, 2.75) is 49.9 Å². The van der Waals surface area contributed by atoms with Crippen LogP contribution in [0.2, 0.25) is 0 Å². The number of benzene rings is 1. The molecule has 4 unspecified atom stereocenters. The molecule has 7 N–H and O–H groups in total. The van der Waals surface area contributed by atoms with E-state index in [0.29, 0.717) is 23.5 Å². The van der Waals surface area contributed by atoms with Crippen LogP contribution in [0.25, 0.3) is 0 Å². The van der Waals surface area contributed by atoms with Gasteiger partial charge >= 0.3 is 11.9 Å². The minimum atomic E-state index is -1.48. The first kappa shape index (κ1) is 31.3. The lowest BCUT2D eigenvalue weighted by atomic mass is 10.0. The number of carboxylic acids is 2. The Morgan fingerprint density at radius 3 is 1.89 bits per heavy atom. The summed E-state index contributed by atoms with van der Waals surface area (Å²) in [5.74, 6) is -3.76. The maximum Gasteiger partial charge on any atom is 0.326 e. The Hall–Kier alpha value is -2.77. The van der Waals surface area contributed by atoms with E-state index in [-0.39, 0.29) is 12.8 Å². The summed E-state index contributed by atoms with van der Waals surface area (Å²) in [6.45, 7) is 0. The number of nitrogens with one attached hydrogen (secondary N) is 3. The van der Waals surface area contributed by atoms with Crippen molar-refractivity contribution < 1.29 is 34.2 Å². The molecule has 0 saturated carbocycles. The van der Waals surface area contributed by atoms with Crippen molar-refractivity contribution in [3.05, 3.63) is 35.9 Å². The van der Waals surface area contributed by atoms with Gasteiger partial charge in [-0.2, -0.15) is 23.5 Å². The molecule has 200 valence electrons. The van der Waals surface area contributed by atoms with Gasteiger partial charge in [-0.25, -0.2) is 4.79 Å². The smallest absolute Gasteiger partial charge is 0.326 e. The molecule has 0 saturated heterocycles. The number of hydrogen-bond donors (Lipinski definition) is 6. The highest BCUT2D eigenvalue weighted by molar-refractivity contribution is 7.98. The Morgan fingerprint density at radius 2 is 1.33 bits per heavy atom. The summed E-state index contributed by atoms with van der Waals surface area (Å²) < 4.78 is 0. The first-order valence-corrected chi connectivity index (χ1v) is 14.0. The highest BCUT2D eigenvalue weighted by atomic mass is 32.2.